The van der Waals surface area contributed by atoms with Crippen molar-refractivity contribution < 1.29 is 27.9 Å². The molecular weight excluding hydrogens is 492 g/mol. The number of nitrogens with one attached hydrogen (secondary N) is 1. The highest BCUT2D eigenvalue weighted by atomic mass is 19.3. The number of halogens is 2. The first kappa shape index (κ1) is 26.8. The Morgan fingerprint density at radius 3 is 2.16 bits per heavy atom. The number of alkyl halides is 2. The zero-order chi connectivity index (χ0) is 27.1. The molecule has 0 aromatic heterocycles. The molecule has 38 heavy (non-hydrogen) atoms. The molecular formula is C29H29F2N3O4. The van der Waals surface area contributed by atoms with Crippen molar-refractivity contribution in [2.24, 2.45) is 0 Å². The lowest BCUT2D eigenvalue weighted by Crippen LogP contribution is -2.37. The molecule has 9 heteroatoms. The molecule has 3 aromatic carbocycles. The Morgan fingerprint density at radius 1 is 0.921 bits per heavy atom. The number of nitrogens with zero attached hydrogens (tertiary/aromatic N) is 2. The molecule has 1 aliphatic rings. The summed E-state index contributed by atoms with van der Waals surface area (Å²) in [7, 11) is 1.59. The molecule has 0 atom stereocenters. The number of hydrogen-bond donors (Lipinski definition) is 1. The third kappa shape index (κ3) is 6.94. The number of carbonyl (C=O) groups excluding carboxylic acids is 3. The van der Waals surface area contributed by atoms with Crippen molar-refractivity contribution in [2.45, 2.75) is 25.4 Å². The van der Waals surface area contributed by atoms with E-state index < -0.39 is 6.61 Å². The van der Waals surface area contributed by atoms with Crippen LogP contribution in [0.3, 0.4) is 0 Å². The van der Waals surface area contributed by atoms with E-state index in [0.29, 0.717) is 29.9 Å². The van der Waals surface area contributed by atoms with Gasteiger partial charge in [-0.2, -0.15) is 8.78 Å². The number of amides is 3. The van der Waals surface area contributed by atoms with E-state index >= 15 is 0 Å². The van der Waals surface area contributed by atoms with E-state index in [0.717, 1.165) is 18.4 Å². The van der Waals surface area contributed by atoms with E-state index in [1.165, 1.54) is 29.2 Å². The Morgan fingerprint density at radius 2 is 1.55 bits per heavy atom. The average Bonchev–Trinajstić information content (AvgIpc) is 2.93. The molecule has 0 radical (unpaired) electrons. The standard InChI is InChI=1S/C29H29F2N3O4/c1-33(27(36)22-5-3-2-4-6-22)19-26(35)32-24-11-7-20(8-12-24)21-15-17-34(18-16-21)28(37)23-9-13-25(14-10-23)38-29(30)31/h2-14,21,29H,15-19H2,1H3,(H,32,35). The summed E-state index contributed by atoms with van der Waals surface area (Å²) in [5, 5.41) is 2.83. The second-order valence-electron chi connectivity index (χ2n) is 9.17. The van der Waals surface area contributed by atoms with E-state index in [1.807, 2.05) is 30.3 Å². The van der Waals surface area contributed by atoms with Crippen molar-refractivity contribution in [3.63, 3.8) is 0 Å². The Balaban J connectivity index is 1.25. The predicted octanol–water partition coefficient (Wildman–Crippen LogP) is 5.02. The SMILES string of the molecule is CN(CC(=O)Nc1ccc(C2CCN(C(=O)c3ccc(OC(F)F)cc3)CC2)cc1)C(=O)c1ccccc1. The van der Waals surface area contributed by atoms with Crippen LogP contribution in [0, 0.1) is 0 Å². The lowest BCUT2D eigenvalue weighted by molar-refractivity contribution is -0.116. The van der Waals surface area contributed by atoms with Gasteiger partial charge in [-0.3, -0.25) is 14.4 Å². The van der Waals surface area contributed by atoms with Crippen molar-refractivity contribution in [3.05, 3.63) is 95.6 Å². The molecule has 0 spiro atoms. The first-order valence-corrected chi connectivity index (χ1v) is 12.3. The Labute approximate surface area is 220 Å². The van der Waals surface area contributed by atoms with Crippen LogP contribution in [0.25, 0.3) is 0 Å². The lowest BCUT2D eigenvalue weighted by Gasteiger charge is -2.32. The number of ether oxygens (including phenoxy) is 1. The smallest absolute Gasteiger partial charge is 0.387 e. The fourth-order valence-corrected chi connectivity index (χ4v) is 4.50. The third-order valence-corrected chi connectivity index (χ3v) is 6.52. The average molecular weight is 522 g/mol. The summed E-state index contributed by atoms with van der Waals surface area (Å²) in [6.45, 7) is -1.81. The number of likely N-dealkylation sites (tertiary alicyclic amines) is 1. The minimum absolute atomic E-state index is 0.0163. The number of benzene rings is 3. The second kappa shape index (κ2) is 12.3. The fraction of sp³-hybridized carbons (Fsp3) is 0.276. The quantitative estimate of drug-likeness (QED) is 0.452. The van der Waals surface area contributed by atoms with Crippen molar-refractivity contribution in [1.29, 1.82) is 0 Å². The molecule has 3 aromatic rings. The minimum atomic E-state index is -2.90. The van der Waals surface area contributed by atoms with Crippen LogP contribution in [0.5, 0.6) is 5.75 Å². The first-order valence-electron chi connectivity index (χ1n) is 12.3. The largest absolute Gasteiger partial charge is 0.435 e. The summed E-state index contributed by atoms with van der Waals surface area (Å²) in [5.74, 6) is -0.354. The number of likely N-dealkylation sites (N-methyl/N-ethyl adjacent to an activating group) is 1. The summed E-state index contributed by atoms with van der Waals surface area (Å²) >= 11 is 0. The van der Waals surface area contributed by atoms with E-state index in [-0.39, 0.29) is 35.9 Å². The van der Waals surface area contributed by atoms with Gasteiger partial charge in [0, 0.05) is 37.0 Å². The molecule has 1 aliphatic heterocycles. The molecule has 1 N–H and O–H groups in total. The van der Waals surface area contributed by atoms with Gasteiger partial charge in [-0.15, -0.1) is 0 Å². The van der Waals surface area contributed by atoms with Crippen LogP contribution in [0.4, 0.5) is 14.5 Å². The predicted molar refractivity (Wildman–Crippen MR) is 139 cm³/mol. The zero-order valence-electron chi connectivity index (χ0n) is 21.0. The minimum Gasteiger partial charge on any atom is -0.435 e. The normalized spacial score (nSPS) is 13.7. The lowest BCUT2D eigenvalue weighted by atomic mass is 9.89. The van der Waals surface area contributed by atoms with Crippen LogP contribution in [-0.4, -0.2) is 60.8 Å². The van der Waals surface area contributed by atoms with Gasteiger partial charge in [0.25, 0.3) is 11.8 Å². The fourth-order valence-electron chi connectivity index (χ4n) is 4.50. The van der Waals surface area contributed by atoms with Crippen LogP contribution in [0.1, 0.15) is 45.0 Å². The highest BCUT2D eigenvalue weighted by molar-refractivity contribution is 5.99. The third-order valence-electron chi connectivity index (χ3n) is 6.52. The molecule has 4 rings (SSSR count). The number of anilines is 1. The number of rotatable bonds is 8. The maximum atomic E-state index is 12.8. The Bertz CT molecular complexity index is 1240. The molecule has 0 aliphatic carbocycles. The van der Waals surface area contributed by atoms with Crippen LogP contribution >= 0.6 is 0 Å². The molecule has 1 heterocycles. The van der Waals surface area contributed by atoms with E-state index in [2.05, 4.69) is 10.1 Å². The highest BCUT2D eigenvalue weighted by Crippen LogP contribution is 2.29. The van der Waals surface area contributed by atoms with Gasteiger partial charge in [-0.05, 0) is 72.9 Å². The van der Waals surface area contributed by atoms with Gasteiger partial charge in [0.2, 0.25) is 5.91 Å². The van der Waals surface area contributed by atoms with E-state index in [4.69, 9.17) is 0 Å². The molecule has 198 valence electrons. The van der Waals surface area contributed by atoms with Gasteiger partial charge >= 0.3 is 6.61 Å². The van der Waals surface area contributed by atoms with Gasteiger partial charge in [0.15, 0.2) is 0 Å². The molecule has 0 bridgehead atoms. The van der Waals surface area contributed by atoms with Crippen molar-refractivity contribution in [1.82, 2.24) is 9.80 Å². The zero-order valence-corrected chi connectivity index (χ0v) is 21.0. The topological polar surface area (TPSA) is 79.0 Å². The van der Waals surface area contributed by atoms with E-state index in [9.17, 15) is 23.2 Å². The second-order valence-corrected chi connectivity index (χ2v) is 9.17. The van der Waals surface area contributed by atoms with Gasteiger partial charge in [0.05, 0.1) is 6.54 Å². The summed E-state index contributed by atoms with van der Waals surface area (Å²) < 4.78 is 29.0. The first-order chi connectivity index (χ1) is 18.3. The Hall–Kier alpha value is -4.27. The van der Waals surface area contributed by atoms with Crippen molar-refractivity contribution in [3.8, 4) is 5.75 Å². The molecule has 0 unspecified atom stereocenters. The molecule has 0 saturated carbocycles. The van der Waals surface area contributed by atoms with Crippen LogP contribution in [0.15, 0.2) is 78.9 Å². The van der Waals surface area contributed by atoms with Gasteiger partial charge < -0.3 is 19.9 Å². The van der Waals surface area contributed by atoms with Gasteiger partial charge in [0.1, 0.15) is 5.75 Å². The number of piperidine rings is 1. The molecule has 7 nitrogen and oxygen atoms in total. The van der Waals surface area contributed by atoms with Crippen LogP contribution < -0.4 is 10.1 Å². The van der Waals surface area contributed by atoms with Gasteiger partial charge in [-0.1, -0.05) is 30.3 Å². The summed E-state index contributed by atoms with van der Waals surface area (Å²) in [6, 6.07) is 22.1. The van der Waals surface area contributed by atoms with Gasteiger partial charge in [-0.25, -0.2) is 0 Å². The molecule has 3 amide bonds. The maximum Gasteiger partial charge on any atom is 0.387 e. The van der Waals surface area contributed by atoms with Crippen LogP contribution in [-0.2, 0) is 4.79 Å². The summed E-state index contributed by atoms with van der Waals surface area (Å²) in [5.41, 5.74) is 2.73. The summed E-state index contributed by atoms with van der Waals surface area (Å²) in [6.07, 6.45) is 1.58. The van der Waals surface area contributed by atoms with E-state index in [1.54, 1.807) is 36.2 Å². The van der Waals surface area contributed by atoms with Crippen molar-refractivity contribution in [2.75, 3.05) is 32.0 Å². The number of hydrogen-bond acceptors (Lipinski definition) is 4. The molecule has 1 fully saturated rings. The molecule has 1 saturated heterocycles. The van der Waals surface area contributed by atoms with Crippen molar-refractivity contribution >= 4 is 23.4 Å². The maximum absolute atomic E-state index is 12.8. The summed E-state index contributed by atoms with van der Waals surface area (Å²) in [4.78, 5) is 40.8. The number of carbonyl (C=O) groups is 3. The monoisotopic (exact) mass is 521 g/mol. The van der Waals surface area contributed by atoms with Crippen LogP contribution in [0.2, 0.25) is 0 Å². The highest BCUT2D eigenvalue weighted by Gasteiger charge is 2.25. The Kier molecular flexibility index (Phi) is 8.68.